The fourth-order valence-electron chi connectivity index (χ4n) is 8.80. The molecule has 0 bridgehead atoms. The predicted molar refractivity (Wildman–Crippen MR) is 207 cm³/mol. The zero-order valence-electron chi connectivity index (χ0n) is 31.3. The van der Waals surface area contributed by atoms with Crippen LogP contribution < -0.4 is 9.64 Å². The number of aliphatic carboxylic acids is 1. The van der Waals surface area contributed by atoms with Gasteiger partial charge < -0.3 is 50.3 Å². The van der Waals surface area contributed by atoms with Crippen LogP contribution >= 0.6 is 0 Å². The Balaban J connectivity index is 1.28. The van der Waals surface area contributed by atoms with E-state index in [0.29, 0.717) is 42.6 Å². The van der Waals surface area contributed by atoms with Crippen molar-refractivity contribution in [2.75, 3.05) is 18.2 Å². The molecule has 7 rings (SSSR count). The van der Waals surface area contributed by atoms with Crippen LogP contribution in [0.4, 0.5) is 5.69 Å². The second-order valence-electron chi connectivity index (χ2n) is 15.1. The van der Waals surface area contributed by atoms with Crippen LogP contribution in [0.3, 0.4) is 0 Å². The zero-order chi connectivity index (χ0) is 40.6. The Kier molecular flexibility index (Phi) is 11.2. The quantitative estimate of drug-likeness (QED) is 0.0977. The van der Waals surface area contributed by atoms with E-state index >= 15 is 0 Å². The van der Waals surface area contributed by atoms with Gasteiger partial charge in [-0.05, 0) is 72.1 Å². The van der Waals surface area contributed by atoms with E-state index in [0.717, 1.165) is 53.6 Å². The minimum absolute atomic E-state index is 0.0402. The number of hydrogen-bond acceptors (Lipinski definition) is 13. The van der Waals surface area contributed by atoms with E-state index in [2.05, 4.69) is 9.98 Å². The lowest BCUT2D eigenvalue weighted by Gasteiger charge is -2.44. The number of phenolic OH excluding ortho intramolecular Hbond substituents is 2. The summed E-state index contributed by atoms with van der Waals surface area (Å²) in [7, 11) is 0. The maximum absolute atomic E-state index is 14.4. The first-order valence-corrected chi connectivity index (χ1v) is 19.1. The second kappa shape index (κ2) is 16.0. The number of fused-ring (bicyclic) bond motifs is 1. The van der Waals surface area contributed by atoms with E-state index < -0.39 is 77.7 Å². The summed E-state index contributed by atoms with van der Waals surface area (Å²) in [6, 6.07) is 15.6. The summed E-state index contributed by atoms with van der Waals surface area (Å²) in [6.07, 6.45) is -0.274. The number of anilines is 1. The number of benzene rings is 3. The number of phenols is 2. The summed E-state index contributed by atoms with van der Waals surface area (Å²) in [5, 5.41) is 85.1. The number of hydrogen-bond donors (Lipinski definition) is 8. The third-order valence-electron chi connectivity index (χ3n) is 11.7. The van der Waals surface area contributed by atoms with Crippen molar-refractivity contribution in [2.24, 2.45) is 9.98 Å². The van der Waals surface area contributed by atoms with Crippen molar-refractivity contribution in [3.8, 4) is 17.2 Å². The molecule has 0 aromatic heterocycles. The van der Waals surface area contributed by atoms with Crippen LogP contribution in [0.2, 0.25) is 0 Å². The van der Waals surface area contributed by atoms with Crippen LogP contribution in [-0.2, 0) is 26.2 Å². The number of rotatable bonds is 12. The van der Waals surface area contributed by atoms with Crippen LogP contribution in [0.5, 0.6) is 17.2 Å². The highest BCUT2D eigenvalue weighted by Crippen LogP contribution is 2.55. The molecular formula is C42H47N3O12. The fourth-order valence-corrected chi connectivity index (χ4v) is 8.80. The van der Waals surface area contributed by atoms with Crippen molar-refractivity contribution >= 4 is 35.1 Å². The SMILES string of the molecule is CCC1=NCN=C1Cc1cc(C=CC(=O)N2c3cc(O[C@@]4(O)O[C@H](CO)[C@@H](O)[C@H](O)[C@H]4O)c(O)cc3[C@H](CC3(c4ccccc4)CCCC3)[C@@H]2C(=O)O)ccc1O. The number of aliphatic hydroxyl groups is 5. The van der Waals surface area contributed by atoms with Gasteiger partial charge in [0.15, 0.2) is 17.6 Å². The number of carboxylic acids is 1. The summed E-state index contributed by atoms with van der Waals surface area (Å²) < 4.78 is 10.8. The van der Waals surface area contributed by atoms with Gasteiger partial charge in [-0.2, -0.15) is 0 Å². The molecule has 3 aromatic rings. The van der Waals surface area contributed by atoms with Gasteiger partial charge in [-0.25, -0.2) is 4.79 Å². The lowest BCUT2D eigenvalue weighted by atomic mass is 9.70. The molecule has 7 atom stereocenters. The number of carbonyl (C=O) groups excluding carboxylic acids is 1. The number of amides is 1. The molecule has 0 radical (unpaired) electrons. The Morgan fingerprint density at radius 1 is 0.965 bits per heavy atom. The first-order chi connectivity index (χ1) is 27.3. The van der Waals surface area contributed by atoms with Gasteiger partial charge in [-0.1, -0.05) is 56.2 Å². The van der Waals surface area contributed by atoms with Gasteiger partial charge in [0, 0.05) is 30.0 Å². The first-order valence-electron chi connectivity index (χ1n) is 19.1. The van der Waals surface area contributed by atoms with Gasteiger partial charge in [0.2, 0.25) is 0 Å². The van der Waals surface area contributed by atoms with Crippen molar-refractivity contribution in [3.05, 3.63) is 89.0 Å². The maximum atomic E-state index is 14.4. The number of aromatic hydroxyl groups is 2. The third kappa shape index (κ3) is 7.54. The second-order valence-corrected chi connectivity index (χ2v) is 15.1. The molecule has 15 heteroatoms. The van der Waals surface area contributed by atoms with Crippen LogP contribution in [0.1, 0.15) is 73.6 Å². The van der Waals surface area contributed by atoms with Gasteiger partial charge in [0.05, 0.1) is 23.7 Å². The molecule has 1 amide bonds. The molecule has 302 valence electrons. The Bertz CT molecular complexity index is 2100. The highest BCUT2D eigenvalue weighted by molar-refractivity contribution is 6.43. The minimum Gasteiger partial charge on any atom is -0.508 e. The van der Waals surface area contributed by atoms with E-state index in [-0.39, 0.29) is 11.4 Å². The molecule has 0 unspecified atom stereocenters. The Morgan fingerprint density at radius 3 is 2.37 bits per heavy atom. The Morgan fingerprint density at radius 2 is 1.68 bits per heavy atom. The number of ether oxygens (including phenoxy) is 2. The van der Waals surface area contributed by atoms with E-state index in [1.165, 1.54) is 24.3 Å². The van der Waals surface area contributed by atoms with E-state index in [4.69, 9.17) is 9.47 Å². The number of carboxylic acid groups (broad SMARTS) is 1. The zero-order valence-corrected chi connectivity index (χ0v) is 31.3. The van der Waals surface area contributed by atoms with Gasteiger partial charge >= 0.3 is 11.9 Å². The largest absolute Gasteiger partial charge is 0.508 e. The van der Waals surface area contributed by atoms with Gasteiger partial charge in [-0.15, -0.1) is 0 Å². The van der Waals surface area contributed by atoms with E-state index in [1.54, 1.807) is 12.1 Å². The van der Waals surface area contributed by atoms with E-state index in [1.807, 2.05) is 37.3 Å². The number of aliphatic imine (C=N–C) groups is 2. The molecule has 57 heavy (non-hydrogen) atoms. The summed E-state index contributed by atoms with van der Waals surface area (Å²) in [4.78, 5) is 37.7. The predicted octanol–water partition coefficient (Wildman–Crippen LogP) is 2.90. The number of carbonyl (C=O) groups is 2. The minimum atomic E-state index is -3.09. The fraction of sp³-hybridized carbons (Fsp3) is 0.429. The van der Waals surface area contributed by atoms with Crippen molar-refractivity contribution in [3.63, 3.8) is 0 Å². The summed E-state index contributed by atoms with van der Waals surface area (Å²) >= 11 is 0. The van der Waals surface area contributed by atoms with Crippen molar-refractivity contribution in [1.82, 2.24) is 0 Å². The molecule has 3 aliphatic heterocycles. The molecule has 3 aromatic carbocycles. The first kappa shape index (κ1) is 40.1. The highest BCUT2D eigenvalue weighted by Gasteiger charge is 2.56. The van der Waals surface area contributed by atoms with Gasteiger partial charge in [0.1, 0.15) is 36.8 Å². The highest BCUT2D eigenvalue weighted by atomic mass is 16.8. The Hall–Kier alpha value is -5.16. The standard InChI is InChI=1S/C42H47N3O12/c1-2-28-29(44-22-43-28)17-24-16-23(10-12-31(24)47)11-13-35(49)45-30-19-33(56-42(55)39(52)38(51)37(50)34(21-46)57-42)32(48)18-26(30)27(36(45)40(53)54)20-41(14-6-7-15-41)25-8-4-3-5-9-25/h3-5,8-13,16,18-19,27,34,36-39,46-48,50-52,55H,2,6-7,14-15,17,20-22H2,1H3,(H,53,54)/t27-,34+,36+,37+,38-,39+,42+/m0/s1. The number of nitrogens with zero attached hydrogens (tertiary/aromatic N) is 3. The molecule has 15 nitrogen and oxygen atoms in total. The van der Waals surface area contributed by atoms with Crippen LogP contribution in [0, 0.1) is 0 Å². The molecule has 1 aliphatic carbocycles. The van der Waals surface area contributed by atoms with Crippen LogP contribution in [-0.4, -0.2) is 114 Å². The molecule has 3 heterocycles. The molecular weight excluding hydrogens is 738 g/mol. The average molecular weight is 786 g/mol. The van der Waals surface area contributed by atoms with Crippen molar-refractivity contribution < 1.29 is 59.9 Å². The summed E-state index contributed by atoms with van der Waals surface area (Å²) in [5.41, 5.74) is 3.70. The summed E-state index contributed by atoms with van der Waals surface area (Å²) in [5.74, 6) is -7.06. The average Bonchev–Trinajstić information content (AvgIpc) is 3.95. The third-order valence-corrected chi connectivity index (χ3v) is 11.7. The van der Waals surface area contributed by atoms with Crippen molar-refractivity contribution in [2.45, 2.75) is 99.6 Å². The smallest absolute Gasteiger partial charge is 0.355 e. The van der Waals surface area contributed by atoms with Crippen molar-refractivity contribution in [1.29, 1.82) is 0 Å². The van der Waals surface area contributed by atoms with Gasteiger partial charge in [-0.3, -0.25) is 19.7 Å². The lowest BCUT2D eigenvalue weighted by Crippen LogP contribution is -2.67. The molecule has 8 N–H and O–H groups in total. The van der Waals surface area contributed by atoms with Crippen LogP contribution in [0.15, 0.2) is 76.7 Å². The molecule has 4 aliphatic rings. The normalized spacial score (nSPS) is 28.0. The topological polar surface area (TPSA) is 242 Å². The summed E-state index contributed by atoms with van der Waals surface area (Å²) in [6.45, 7) is 1.42. The molecule has 1 saturated heterocycles. The monoisotopic (exact) mass is 785 g/mol. The molecule has 2 fully saturated rings. The maximum Gasteiger partial charge on any atom is 0.355 e. The van der Waals surface area contributed by atoms with E-state index in [9.17, 15) is 50.4 Å². The molecule has 1 saturated carbocycles. The lowest BCUT2D eigenvalue weighted by molar-refractivity contribution is -0.422. The number of aliphatic hydroxyl groups excluding tert-OH is 4. The van der Waals surface area contributed by atoms with Crippen LogP contribution in [0.25, 0.3) is 6.08 Å². The Labute approximate surface area is 328 Å². The molecule has 0 spiro atoms. The van der Waals surface area contributed by atoms with Gasteiger partial charge in [0.25, 0.3) is 5.91 Å².